The molecule has 0 saturated carbocycles. The lowest BCUT2D eigenvalue weighted by molar-refractivity contribution is -0.137. The fourth-order valence-corrected chi connectivity index (χ4v) is 2.59. The van der Waals surface area contributed by atoms with Gasteiger partial charge in [-0.3, -0.25) is 4.79 Å². The van der Waals surface area contributed by atoms with Crippen LogP contribution in [0.15, 0.2) is 23.7 Å². The van der Waals surface area contributed by atoms with Gasteiger partial charge in [-0.2, -0.15) is 13.2 Å². The topological polar surface area (TPSA) is 47.6 Å². The monoisotopic (exact) mass is 369 g/mol. The Balaban J connectivity index is 2.42. The largest absolute Gasteiger partial charge is 0.491 e. The molecular formula is C18H23BF3NO3. The third-order valence-corrected chi connectivity index (χ3v) is 4.82. The molecule has 1 aliphatic rings. The van der Waals surface area contributed by atoms with Gasteiger partial charge in [-0.25, -0.2) is 0 Å². The summed E-state index contributed by atoms with van der Waals surface area (Å²) in [7, 11) is 1.08. The van der Waals surface area contributed by atoms with Crippen LogP contribution in [0.25, 0.3) is 6.08 Å². The minimum Gasteiger partial charge on any atom is -0.400 e. The summed E-state index contributed by atoms with van der Waals surface area (Å²) in [6.45, 7) is 8.06. The van der Waals surface area contributed by atoms with E-state index < -0.39 is 30.1 Å². The lowest BCUT2D eigenvalue weighted by Gasteiger charge is -2.32. The highest BCUT2D eigenvalue weighted by molar-refractivity contribution is 6.56. The van der Waals surface area contributed by atoms with Crippen molar-refractivity contribution in [2.45, 2.75) is 45.1 Å². The number of hydrogen-bond acceptors (Lipinski definition) is 4. The Morgan fingerprint density at radius 2 is 1.73 bits per heavy atom. The van der Waals surface area contributed by atoms with E-state index in [1.807, 2.05) is 27.7 Å². The summed E-state index contributed by atoms with van der Waals surface area (Å²) in [5.74, 6) is 0. The highest BCUT2D eigenvalue weighted by atomic mass is 19.4. The number of halogens is 3. The van der Waals surface area contributed by atoms with E-state index in [0.29, 0.717) is 23.9 Å². The Kier molecular flexibility index (Phi) is 5.70. The molecule has 1 heterocycles. The van der Waals surface area contributed by atoms with Crippen molar-refractivity contribution < 1.29 is 27.3 Å². The second kappa shape index (κ2) is 7.17. The fraction of sp³-hybridized carbons (Fsp3) is 0.500. The molecule has 1 saturated heterocycles. The number of aldehydes is 1. The van der Waals surface area contributed by atoms with Crippen molar-refractivity contribution >= 4 is 19.5 Å². The highest BCUT2D eigenvalue weighted by Crippen LogP contribution is 2.39. The molecule has 0 aliphatic carbocycles. The number of benzene rings is 1. The van der Waals surface area contributed by atoms with Gasteiger partial charge >= 0.3 is 13.3 Å². The van der Waals surface area contributed by atoms with Gasteiger partial charge in [-0.1, -0.05) is 12.1 Å². The first kappa shape index (κ1) is 20.7. The van der Waals surface area contributed by atoms with Gasteiger partial charge in [0.25, 0.3) is 0 Å². The molecule has 1 N–H and O–H groups in total. The van der Waals surface area contributed by atoms with E-state index in [9.17, 15) is 18.0 Å². The molecule has 26 heavy (non-hydrogen) atoms. The molecule has 0 aromatic heterocycles. The van der Waals surface area contributed by atoms with E-state index >= 15 is 0 Å². The Bertz CT molecular complexity index is 698. The van der Waals surface area contributed by atoms with Gasteiger partial charge < -0.3 is 14.6 Å². The van der Waals surface area contributed by atoms with Gasteiger partial charge in [0.1, 0.15) is 0 Å². The Morgan fingerprint density at radius 3 is 2.19 bits per heavy atom. The molecule has 8 heteroatoms. The molecule has 0 atom stereocenters. The van der Waals surface area contributed by atoms with Crippen molar-refractivity contribution in [3.63, 3.8) is 0 Å². The van der Waals surface area contributed by atoms with Crippen LogP contribution in [0.4, 0.5) is 13.2 Å². The van der Waals surface area contributed by atoms with Crippen LogP contribution < -0.4 is 5.32 Å². The van der Waals surface area contributed by atoms with E-state index in [0.717, 1.165) is 12.1 Å². The van der Waals surface area contributed by atoms with Gasteiger partial charge in [-0.05, 0) is 57.9 Å². The Labute approximate surface area is 151 Å². The van der Waals surface area contributed by atoms with E-state index in [1.54, 1.807) is 13.1 Å². The summed E-state index contributed by atoms with van der Waals surface area (Å²) in [5, 5.41) is 3.00. The standard InChI is InChI=1S/C18H23BF3NO3/c1-16(2)17(3,4)26-19(25-16)15(10-23-5)9-12-6-7-14(18(20,21)22)8-13(12)11-24/h6-9,11,23H,10H2,1-5H3. The van der Waals surface area contributed by atoms with Gasteiger partial charge in [-0.15, -0.1) is 0 Å². The normalized spacial score (nSPS) is 19.7. The van der Waals surface area contributed by atoms with Gasteiger partial charge in [0.05, 0.1) is 16.8 Å². The van der Waals surface area contributed by atoms with Crippen LogP contribution in [-0.4, -0.2) is 38.2 Å². The molecule has 0 radical (unpaired) electrons. The average Bonchev–Trinajstić information content (AvgIpc) is 2.74. The molecule has 1 fully saturated rings. The van der Waals surface area contributed by atoms with E-state index in [-0.39, 0.29) is 5.56 Å². The summed E-state index contributed by atoms with van der Waals surface area (Å²) in [4.78, 5) is 11.3. The highest BCUT2D eigenvalue weighted by Gasteiger charge is 2.52. The minimum atomic E-state index is -4.50. The fourth-order valence-electron chi connectivity index (χ4n) is 2.59. The molecule has 1 aliphatic heterocycles. The summed E-state index contributed by atoms with van der Waals surface area (Å²) in [6, 6.07) is 3.09. The maximum absolute atomic E-state index is 12.9. The summed E-state index contributed by atoms with van der Waals surface area (Å²) in [5.41, 5.74) is -0.912. The SMILES string of the molecule is CNCC(=Cc1ccc(C(F)(F)F)cc1C=O)B1OC(C)(C)C(C)(C)O1. The zero-order chi connectivity index (χ0) is 19.8. The first-order chi connectivity index (χ1) is 11.9. The second-order valence-corrected chi connectivity index (χ2v) is 7.30. The number of carbonyl (C=O) groups is 1. The third-order valence-electron chi connectivity index (χ3n) is 4.82. The predicted molar refractivity (Wildman–Crippen MR) is 94.8 cm³/mol. The van der Waals surface area contributed by atoms with Crippen LogP contribution in [0.5, 0.6) is 0 Å². The van der Waals surface area contributed by atoms with Gasteiger partial charge in [0.15, 0.2) is 6.29 Å². The molecule has 4 nitrogen and oxygen atoms in total. The second-order valence-electron chi connectivity index (χ2n) is 7.30. The number of rotatable bonds is 5. The van der Waals surface area contributed by atoms with Crippen molar-refractivity contribution in [1.82, 2.24) is 5.32 Å². The van der Waals surface area contributed by atoms with Crippen molar-refractivity contribution in [2.75, 3.05) is 13.6 Å². The molecule has 142 valence electrons. The molecule has 0 unspecified atom stereocenters. The van der Waals surface area contributed by atoms with Crippen molar-refractivity contribution in [1.29, 1.82) is 0 Å². The average molecular weight is 369 g/mol. The van der Waals surface area contributed by atoms with E-state index in [4.69, 9.17) is 9.31 Å². The number of nitrogens with one attached hydrogen (secondary N) is 1. The zero-order valence-corrected chi connectivity index (χ0v) is 15.5. The number of alkyl halides is 3. The molecular weight excluding hydrogens is 346 g/mol. The van der Waals surface area contributed by atoms with Gasteiger partial charge in [0.2, 0.25) is 0 Å². The van der Waals surface area contributed by atoms with Gasteiger partial charge in [0, 0.05) is 12.1 Å². The van der Waals surface area contributed by atoms with Crippen LogP contribution in [0.1, 0.15) is 49.2 Å². The Hall–Kier alpha value is -1.64. The molecule has 1 aromatic rings. The van der Waals surface area contributed by atoms with Crippen molar-refractivity contribution in [3.8, 4) is 0 Å². The quantitative estimate of drug-likeness (QED) is 0.635. The molecule has 0 bridgehead atoms. The Morgan fingerprint density at radius 1 is 1.15 bits per heavy atom. The lowest BCUT2D eigenvalue weighted by Crippen LogP contribution is -2.41. The van der Waals surface area contributed by atoms with Crippen LogP contribution in [0.2, 0.25) is 0 Å². The number of carbonyl (C=O) groups excluding carboxylic acids is 1. The summed E-state index contributed by atoms with van der Waals surface area (Å²) >= 11 is 0. The molecule has 0 spiro atoms. The van der Waals surface area contributed by atoms with E-state index in [2.05, 4.69) is 5.32 Å². The van der Waals surface area contributed by atoms with Crippen molar-refractivity contribution in [2.24, 2.45) is 0 Å². The summed E-state index contributed by atoms with van der Waals surface area (Å²) < 4.78 is 50.6. The zero-order valence-electron chi connectivity index (χ0n) is 15.5. The molecule has 1 aromatic carbocycles. The van der Waals surface area contributed by atoms with Crippen LogP contribution in [0.3, 0.4) is 0 Å². The van der Waals surface area contributed by atoms with Crippen molar-refractivity contribution in [3.05, 3.63) is 40.4 Å². The van der Waals surface area contributed by atoms with Crippen LogP contribution in [0, 0.1) is 0 Å². The maximum atomic E-state index is 12.9. The first-order valence-corrected chi connectivity index (χ1v) is 8.28. The third kappa shape index (κ3) is 4.19. The van der Waals surface area contributed by atoms with E-state index in [1.165, 1.54) is 6.07 Å². The first-order valence-electron chi connectivity index (χ1n) is 8.28. The summed E-state index contributed by atoms with van der Waals surface area (Å²) in [6.07, 6.45) is -2.44. The lowest BCUT2D eigenvalue weighted by atomic mass is 9.76. The van der Waals surface area contributed by atoms with Crippen LogP contribution >= 0.6 is 0 Å². The molecule has 0 amide bonds. The van der Waals surface area contributed by atoms with Crippen LogP contribution in [-0.2, 0) is 15.5 Å². The minimum absolute atomic E-state index is 0.0371. The predicted octanol–water partition coefficient (Wildman–Crippen LogP) is 3.75. The maximum Gasteiger partial charge on any atom is 0.491 e. The number of likely N-dealkylation sites (N-methyl/N-ethyl adjacent to an activating group) is 1. The molecule has 2 rings (SSSR count). The number of hydrogen-bond donors (Lipinski definition) is 1. The smallest absolute Gasteiger partial charge is 0.400 e.